The largest absolute Gasteiger partial charge is 0.384 e. The van der Waals surface area contributed by atoms with E-state index < -0.39 is 0 Å². The summed E-state index contributed by atoms with van der Waals surface area (Å²) in [6.07, 6.45) is 5.00. The van der Waals surface area contributed by atoms with Crippen LogP contribution in [-0.4, -0.2) is 16.1 Å². The minimum absolute atomic E-state index is 0.0488. The Hall–Kier alpha value is -1.77. The third-order valence-corrected chi connectivity index (χ3v) is 3.48. The van der Waals surface area contributed by atoms with Gasteiger partial charge in [-0.15, -0.1) is 0 Å². The molecule has 94 valence electrons. The van der Waals surface area contributed by atoms with E-state index in [0.717, 1.165) is 13.0 Å². The Morgan fingerprint density at radius 1 is 1.28 bits per heavy atom. The highest BCUT2D eigenvalue weighted by Gasteiger charge is 2.21. The van der Waals surface area contributed by atoms with Gasteiger partial charge < -0.3 is 9.88 Å². The smallest absolute Gasteiger partial charge is 0.0955 e. The van der Waals surface area contributed by atoms with Gasteiger partial charge in [-0.25, -0.2) is 4.98 Å². The summed E-state index contributed by atoms with van der Waals surface area (Å²) >= 11 is 0. The second kappa shape index (κ2) is 3.87. The van der Waals surface area contributed by atoms with Crippen LogP contribution in [0.3, 0.4) is 0 Å². The molecule has 2 aromatic rings. The molecule has 3 rings (SSSR count). The summed E-state index contributed by atoms with van der Waals surface area (Å²) in [4.78, 5) is 4.33. The van der Waals surface area contributed by atoms with Crippen LogP contribution in [0.2, 0.25) is 0 Å². The highest BCUT2D eigenvalue weighted by molar-refractivity contribution is 5.80. The van der Waals surface area contributed by atoms with E-state index in [4.69, 9.17) is 0 Å². The monoisotopic (exact) mass is 241 g/mol. The van der Waals surface area contributed by atoms with Crippen LogP contribution in [0.4, 0.5) is 5.69 Å². The predicted octanol–water partition coefficient (Wildman–Crippen LogP) is 3.27. The molecule has 0 aliphatic carbocycles. The Kier molecular flexibility index (Phi) is 2.44. The fraction of sp³-hybridized carbons (Fsp3) is 0.400. The van der Waals surface area contributed by atoms with Gasteiger partial charge in [0.05, 0.1) is 18.2 Å². The summed E-state index contributed by atoms with van der Waals surface area (Å²) in [5.74, 6) is 0. The topological polar surface area (TPSA) is 29.9 Å². The number of hydrogen-bond acceptors (Lipinski definition) is 2. The lowest BCUT2D eigenvalue weighted by atomic mass is 10.0. The zero-order valence-corrected chi connectivity index (χ0v) is 11.2. The summed E-state index contributed by atoms with van der Waals surface area (Å²) in [7, 11) is 0. The first-order valence-electron chi connectivity index (χ1n) is 6.46. The van der Waals surface area contributed by atoms with Gasteiger partial charge in [-0.1, -0.05) is 18.2 Å². The van der Waals surface area contributed by atoms with Crippen LogP contribution in [0.5, 0.6) is 0 Å². The molecule has 0 saturated heterocycles. The van der Waals surface area contributed by atoms with Crippen LogP contribution in [0.15, 0.2) is 30.7 Å². The van der Waals surface area contributed by atoms with Gasteiger partial charge in [0.2, 0.25) is 0 Å². The molecule has 3 nitrogen and oxygen atoms in total. The van der Waals surface area contributed by atoms with Crippen molar-refractivity contribution in [2.24, 2.45) is 0 Å². The molecule has 1 N–H and O–H groups in total. The van der Waals surface area contributed by atoms with E-state index >= 15 is 0 Å². The number of para-hydroxylation sites is 1. The van der Waals surface area contributed by atoms with Crippen LogP contribution in [0, 0.1) is 0 Å². The Morgan fingerprint density at radius 3 is 2.89 bits per heavy atom. The third-order valence-electron chi connectivity index (χ3n) is 3.48. The molecular weight excluding hydrogens is 222 g/mol. The zero-order chi connectivity index (χ0) is 12.8. The number of benzene rings is 1. The number of rotatable bonds is 1. The van der Waals surface area contributed by atoms with Crippen LogP contribution in [-0.2, 0) is 12.0 Å². The third kappa shape index (κ3) is 1.70. The van der Waals surface area contributed by atoms with Crippen molar-refractivity contribution < 1.29 is 0 Å². The van der Waals surface area contributed by atoms with Crippen molar-refractivity contribution in [3.05, 3.63) is 36.3 Å². The number of imidazole rings is 1. The maximum atomic E-state index is 4.33. The number of anilines is 1. The van der Waals surface area contributed by atoms with Crippen molar-refractivity contribution in [3.63, 3.8) is 0 Å². The van der Waals surface area contributed by atoms with E-state index in [2.05, 4.69) is 53.8 Å². The molecule has 0 spiro atoms. The van der Waals surface area contributed by atoms with Gasteiger partial charge in [-0.2, -0.15) is 0 Å². The Labute approximate surface area is 108 Å². The summed E-state index contributed by atoms with van der Waals surface area (Å²) in [5.41, 5.74) is 5.19. The molecular formula is C15H19N3. The van der Waals surface area contributed by atoms with E-state index in [0.29, 0.717) is 0 Å². The van der Waals surface area contributed by atoms with Crippen molar-refractivity contribution in [2.45, 2.75) is 32.7 Å². The summed E-state index contributed by atoms with van der Waals surface area (Å²) in [6, 6.07) is 6.52. The SMILES string of the molecule is CC(C)(C)n1cncc1-c1cccc2c1NCC2. The number of aromatic nitrogens is 2. The molecule has 0 unspecified atom stereocenters. The molecule has 1 aliphatic rings. The molecule has 2 heterocycles. The van der Waals surface area contributed by atoms with E-state index in [1.54, 1.807) is 0 Å². The normalized spacial score (nSPS) is 14.4. The van der Waals surface area contributed by atoms with Gasteiger partial charge in [0, 0.05) is 23.3 Å². The first-order valence-corrected chi connectivity index (χ1v) is 6.46. The quantitative estimate of drug-likeness (QED) is 0.830. The lowest BCUT2D eigenvalue weighted by Crippen LogP contribution is -2.21. The predicted molar refractivity (Wildman–Crippen MR) is 74.9 cm³/mol. The van der Waals surface area contributed by atoms with Gasteiger partial charge in [-0.3, -0.25) is 0 Å². The highest BCUT2D eigenvalue weighted by Crippen LogP contribution is 2.35. The van der Waals surface area contributed by atoms with Crippen molar-refractivity contribution in [1.29, 1.82) is 0 Å². The van der Waals surface area contributed by atoms with Gasteiger partial charge in [0.1, 0.15) is 0 Å². The first-order chi connectivity index (χ1) is 8.57. The number of hydrogen-bond donors (Lipinski definition) is 1. The van der Waals surface area contributed by atoms with Gasteiger partial charge >= 0.3 is 0 Å². The van der Waals surface area contributed by atoms with Crippen LogP contribution >= 0.6 is 0 Å². The van der Waals surface area contributed by atoms with Gasteiger partial charge in [-0.05, 0) is 32.8 Å². The molecule has 0 radical (unpaired) electrons. The molecule has 18 heavy (non-hydrogen) atoms. The fourth-order valence-electron chi connectivity index (χ4n) is 2.58. The summed E-state index contributed by atoms with van der Waals surface area (Å²) in [5, 5.41) is 3.49. The first kappa shape index (κ1) is 11.3. The maximum absolute atomic E-state index is 4.33. The molecule has 0 bridgehead atoms. The minimum Gasteiger partial charge on any atom is -0.384 e. The second-order valence-corrected chi connectivity index (χ2v) is 5.84. The van der Waals surface area contributed by atoms with E-state index in [1.165, 1.54) is 22.5 Å². The van der Waals surface area contributed by atoms with E-state index in [-0.39, 0.29) is 5.54 Å². The number of nitrogens with one attached hydrogen (secondary N) is 1. The maximum Gasteiger partial charge on any atom is 0.0955 e. The molecule has 3 heteroatoms. The Bertz CT molecular complexity index is 576. The molecule has 0 saturated carbocycles. The van der Waals surface area contributed by atoms with E-state index in [1.807, 2.05) is 12.5 Å². The van der Waals surface area contributed by atoms with Gasteiger partial charge in [0.15, 0.2) is 0 Å². The molecule has 0 atom stereocenters. The lowest BCUT2D eigenvalue weighted by Gasteiger charge is -2.24. The number of nitrogens with zero attached hydrogens (tertiary/aromatic N) is 2. The lowest BCUT2D eigenvalue weighted by molar-refractivity contribution is 0.400. The van der Waals surface area contributed by atoms with Crippen molar-refractivity contribution in [1.82, 2.24) is 9.55 Å². The van der Waals surface area contributed by atoms with Crippen molar-refractivity contribution >= 4 is 5.69 Å². The highest BCUT2D eigenvalue weighted by atomic mass is 15.1. The molecule has 1 aromatic carbocycles. The molecule has 1 aromatic heterocycles. The van der Waals surface area contributed by atoms with Crippen LogP contribution in [0.25, 0.3) is 11.3 Å². The fourth-order valence-corrected chi connectivity index (χ4v) is 2.58. The minimum atomic E-state index is 0.0488. The standard InChI is InChI=1S/C15H19N3/c1-15(2,3)18-10-16-9-13(18)12-6-4-5-11-7-8-17-14(11)12/h4-6,9-10,17H,7-8H2,1-3H3. The summed E-state index contributed by atoms with van der Waals surface area (Å²) < 4.78 is 2.24. The van der Waals surface area contributed by atoms with Crippen LogP contribution < -0.4 is 5.32 Å². The number of fused-ring (bicyclic) bond motifs is 1. The Balaban J connectivity index is 2.17. The summed E-state index contributed by atoms with van der Waals surface area (Å²) in [6.45, 7) is 7.65. The molecule has 1 aliphatic heterocycles. The molecule has 0 amide bonds. The van der Waals surface area contributed by atoms with Crippen molar-refractivity contribution in [2.75, 3.05) is 11.9 Å². The second-order valence-electron chi connectivity index (χ2n) is 5.84. The van der Waals surface area contributed by atoms with E-state index in [9.17, 15) is 0 Å². The zero-order valence-electron chi connectivity index (χ0n) is 11.2. The average molecular weight is 241 g/mol. The van der Waals surface area contributed by atoms with Crippen molar-refractivity contribution in [3.8, 4) is 11.3 Å². The van der Waals surface area contributed by atoms with Crippen LogP contribution in [0.1, 0.15) is 26.3 Å². The average Bonchev–Trinajstić information content (AvgIpc) is 2.96. The molecule has 0 fully saturated rings. The Morgan fingerprint density at radius 2 is 2.11 bits per heavy atom. The van der Waals surface area contributed by atoms with Gasteiger partial charge in [0.25, 0.3) is 0 Å².